The van der Waals surface area contributed by atoms with E-state index in [1.807, 2.05) is 54.6 Å². The molecule has 0 radical (unpaired) electrons. The van der Waals surface area contributed by atoms with Crippen LogP contribution < -0.4 is 10.1 Å². The highest BCUT2D eigenvalue weighted by Gasteiger charge is 2.03. The Bertz CT molecular complexity index is 951. The number of fused-ring (bicyclic) bond motifs is 1. The normalized spacial score (nSPS) is 9.96. The molecule has 3 rings (SSSR count). The van der Waals surface area contributed by atoms with E-state index >= 15 is 0 Å². The number of carbonyl (C=O) groups excluding carboxylic acids is 1. The van der Waals surface area contributed by atoms with Gasteiger partial charge in [0.05, 0.1) is 6.54 Å². The van der Waals surface area contributed by atoms with Gasteiger partial charge in [0.25, 0.3) is 5.91 Å². The Kier molecular flexibility index (Phi) is 5.71. The van der Waals surface area contributed by atoms with Crippen molar-refractivity contribution in [1.82, 2.24) is 5.32 Å². The van der Waals surface area contributed by atoms with Gasteiger partial charge in [-0.05, 0) is 29.7 Å². The summed E-state index contributed by atoms with van der Waals surface area (Å²) in [6.45, 7) is 0.561. The van der Waals surface area contributed by atoms with Crippen LogP contribution in [-0.2, 0) is 0 Å². The molecular weight excluding hydrogens is 378 g/mol. The fourth-order valence-electron chi connectivity index (χ4n) is 2.41. The van der Waals surface area contributed by atoms with E-state index in [1.54, 1.807) is 12.1 Å². The van der Waals surface area contributed by atoms with Gasteiger partial charge in [-0.1, -0.05) is 70.2 Å². The molecular formula is C21H16BrNO2. The van der Waals surface area contributed by atoms with E-state index in [0.717, 1.165) is 21.0 Å². The number of ether oxygens (including phenoxy) is 1. The minimum Gasteiger partial charge on any atom is -0.480 e. The number of hydrogen-bond acceptors (Lipinski definition) is 2. The molecule has 0 aliphatic heterocycles. The van der Waals surface area contributed by atoms with Crippen LogP contribution in [0.3, 0.4) is 0 Å². The fraction of sp³-hybridized carbons (Fsp3) is 0.0952. The number of benzene rings is 3. The van der Waals surface area contributed by atoms with Gasteiger partial charge < -0.3 is 10.1 Å². The summed E-state index contributed by atoms with van der Waals surface area (Å²) < 4.78 is 6.60. The Morgan fingerprint density at radius 1 is 1.00 bits per heavy atom. The molecule has 0 atom stereocenters. The standard InChI is InChI=1S/C21H16BrNO2/c22-18-10-5-9-17(15-18)21(24)23-13-3-4-14-25-20-12-6-8-16-7-1-2-11-19(16)20/h1-2,5-12,15H,13-14H2,(H,23,24). The van der Waals surface area contributed by atoms with E-state index in [0.29, 0.717) is 5.56 Å². The summed E-state index contributed by atoms with van der Waals surface area (Å²) in [5, 5.41) is 4.96. The van der Waals surface area contributed by atoms with Crippen LogP contribution in [0.5, 0.6) is 5.75 Å². The molecule has 1 amide bonds. The minimum atomic E-state index is -0.148. The van der Waals surface area contributed by atoms with Gasteiger partial charge in [-0.15, -0.1) is 0 Å². The zero-order chi connectivity index (χ0) is 17.5. The Morgan fingerprint density at radius 2 is 1.80 bits per heavy atom. The summed E-state index contributed by atoms with van der Waals surface area (Å²) >= 11 is 3.35. The van der Waals surface area contributed by atoms with Crippen molar-refractivity contribution < 1.29 is 9.53 Å². The summed E-state index contributed by atoms with van der Waals surface area (Å²) in [4.78, 5) is 12.0. The number of hydrogen-bond donors (Lipinski definition) is 1. The number of carbonyl (C=O) groups is 1. The van der Waals surface area contributed by atoms with E-state index in [1.165, 1.54) is 0 Å². The van der Waals surface area contributed by atoms with Crippen LogP contribution in [0.15, 0.2) is 71.2 Å². The van der Waals surface area contributed by atoms with Crippen LogP contribution in [0.1, 0.15) is 10.4 Å². The van der Waals surface area contributed by atoms with Crippen molar-refractivity contribution in [3.63, 3.8) is 0 Å². The van der Waals surface area contributed by atoms with Crippen molar-refractivity contribution in [3.05, 3.63) is 76.8 Å². The van der Waals surface area contributed by atoms with Crippen LogP contribution in [0, 0.1) is 11.8 Å². The maximum Gasteiger partial charge on any atom is 0.252 e. The second kappa shape index (κ2) is 8.36. The first-order valence-corrected chi connectivity index (χ1v) is 8.63. The Balaban J connectivity index is 1.51. The van der Waals surface area contributed by atoms with Crippen molar-refractivity contribution >= 4 is 32.6 Å². The van der Waals surface area contributed by atoms with E-state index in [4.69, 9.17) is 4.74 Å². The lowest BCUT2D eigenvalue weighted by atomic mass is 10.1. The quantitative estimate of drug-likeness (QED) is 0.666. The number of halogens is 1. The molecule has 0 bridgehead atoms. The minimum absolute atomic E-state index is 0.148. The van der Waals surface area contributed by atoms with Gasteiger partial charge in [-0.2, -0.15) is 0 Å². The van der Waals surface area contributed by atoms with Crippen molar-refractivity contribution in [2.75, 3.05) is 13.2 Å². The first kappa shape index (κ1) is 17.1. The molecule has 3 nitrogen and oxygen atoms in total. The molecule has 4 heteroatoms. The third-order valence-electron chi connectivity index (χ3n) is 3.60. The topological polar surface area (TPSA) is 38.3 Å². The zero-order valence-corrected chi connectivity index (χ0v) is 15.0. The fourth-order valence-corrected chi connectivity index (χ4v) is 2.80. The number of rotatable bonds is 4. The molecule has 0 fully saturated rings. The van der Waals surface area contributed by atoms with Gasteiger partial charge in [0, 0.05) is 15.4 Å². The molecule has 0 aliphatic rings. The first-order valence-electron chi connectivity index (χ1n) is 7.84. The maximum absolute atomic E-state index is 12.0. The smallest absolute Gasteiger partial charge is 0.252 e. The average Bonchev–Trinajstić information content (AvgIpc) is 2.64. The number of nitrogens with one attached hydrogen (secondary N) is 1. The highest BCUT2D eigenvalue weighted by molar-refractivity contribution is 9.10. The molecule has 0 heterocycles. The predicted molar refractivity (Wildman–Crippen MR) is 104 cm³/mol. The molecule has 1 N–H and O–H groups in total. The Morgan fingerprint density at radius 3 is 2.68 bits per heavy atom. The molecule has 0 unspecified atom stereocenters. The van der Waals surface area contributed by atoms with E-state index in [-0.39, 0.29) is 19.1 Å². The molecule has 0 aliphatic carbocycles. The van der Waals surface area contributed by atoms with Crippen LogP contribution in [-0.4, -0.2) is 19.1 Å². The van der Waals surface area contributed by atoms with E-state index < -0.39 is 0 Å². The van der Waals surface area contributed by atoms with Gasteiger partial charge in [0.15, 0.2) is 0 Å². The molecule has 0 saturated carbocycles. The van der Waals surface area contributed by atoms with Gasteiger partial charge in [-0.25, -0.2) is 0 Å². The number of amides is 1. The summed E-state index contributed by atoms with van der Waals surface area (Å²) in [6, 6.07) is 21.2. The van der Waals surface area contributed by atoms with Gasteiger partial charge >= 0.3 is 0 Å². The summed E-state index contributed by atoms with van der Waals surface area (Å²) in [7, 11) is 0. The third-order valence-corrected chi connectivity index (χ3v) is 4.09. The lowest BCUT2D eigenvalue weighted by molar-refractivity contribution is 0.0958. The van der Waals surface area contributed by atoms with E-state index in [9.17, 15) is 4.79 Å². The lowest BCUT2D eigenvalue weighted by Gasteiger charge is -2.06. The Hall–Kier alpha value is -2.77. The largest absolute Gasteiger partial charge is 0.480 e. The van der Waals surface area contributed by atoms with Crippen LogP contribution in [0.4, 0.5) is 0 Å². The highest BCUT2D eigenvalue weighted by atomic mass is 79.9. The van der Waals surface area contributed by atoms with Gasteiger partial charge in [0.2, 0.25) is 0 Å². The van der Waals surface area contributed by atoms with E-state index in [2.05, 4.69) is 33.1 Å². The monoisotopic (exact) mass is 393 g/mol. The average molecular weight is 394 g/mol. The van der Waals surface area contributed by atoms with Crippen molar-refractivity contribution in [3.8, 4) is 17.6 Å². The third kappa shape index (κ3) is 4.62. The van der Waals surface area contributed by atoms with Crippen LogP contribution >= 0.6 is 15.9 Å². The zero-order valence-electron chi connectivity index (χ0n) is 13.5. The summed E-state index contributed by atoms with van der Waals surface area (Å²) in [5.41, 5.74) is 0.600. The molecule has 124 valence electrons. The van der Waals surface area contributed by atoms with Crippen LogP contribution in [0.2, 0.25) is 0 Å². The second-order valence-electron chi connectivity index (χ2n) is 5.31. The van der Waals surface area contributed by atoms with Gasteiger partial charge in [0.1, 0.15) is 12.4 Å². The molecule has 3 aromatic carbocycles. The highest BCUT2D eigenvalue weighted by Crippen LogP contribution is 2.24. The second-order valence-corrected chi connectivity index (χ2v) is 6.23. The van der Waals surface area contributed by atoms with Crippen LogP contribution in [0.25, 0.3) is 10.8 Å². The molecule has 0 saturated heterocycles. The molecule has 0 aromatic heterocycles. The lowest BCUT2D eigenvalue weighted by Crippen LogP contribution is -2.23. The predicted octanol–water partition coefficient (Wildman–Crippen LogP) is 4.41. The SMILES string of the molecule is O=C(NCC#CCOc1cccc2ccccc12)c1cccc(Br)c1. The maximum atomic E-state index is 12.0. The van der Waals surface area contributed by atoms with Crippen molar-refractivity contribution in [2.45, 2.75) is 0 Å². The Labute approximate surface area is 155 Å². The summed E-state index contributed by atoms with van der Waals surface area (Å²) in [6.07, 6.45) is 0. The summed E-state index contributed by atoms with van der Waals surface area (Å²) in [5.74, 6) is 6.48. The molecule has 25 heavy (non-hydrogen) atoms. The molecule has 3 aromatic rings. The first-order chi connectivity index (χ1) is 12.2. The van der Waals surface area contributed by atoms with Crippen molar-refractivity contribution in [2.24, 2.45) is 0 Å². The van der Waals surface area contributed by atoms with Gasteiger partial charge in [-0.3, -0.25) is 4.79 Å². The van der Waals surface area contributed by atoms with Crippen molar-refractivity contribution in [1.29, 1.82) is 0 Å². The molecule has 0 spiro atoms.